The number of rotatable bonds is 9. The Bertz CT molecular complexity index is 1470. The summed E-state index contributed by atoms with van der Waals surface area (Å²) >= 11 is 0. The topological polar surface area (TPSA) is 58.6 Å². The van der Waals surface area contributed by atoms with Crippen LogP contribution in [0.15, 0.2) is 85.1 Å². The van der Waals surface area contributed by atoms with E-state index in [1.807, 2.05) is 44.2 Å². The van der Waals surface area contributed by atoms with Gasteiger partial charge in [0.05, 0.1) is 18.4 Å². The fraction of sp³-hybridized carbons (Fsp3) is 0.324. The molecule has 5 rings (SSSR count). The van der Waals surface area contributed by atoms with Gasteiger partial charge in [0, 0.05) is 37.4 Å². The number of nitrogens with zero attached hydrogens (tertiary/aromatic N) is 4. The third-order valence-electron chi connectivity index (χ3n) is 7.77. The van der Waals surface area contributed by atoms with Gasteiger partial charge in [0.2, 0.25) is 5.95 Å². The Labute approximate surface area is 241 Å². The van der Waals surface area contributed by atoms with Crippen molar-refractivity contribution in [1.82, 2.24) is 14.9 Å². The molecular weight excluding hydrogens is 515 g/mol. The number of anilines is 1. The lowest BCUT2D eigenvalue weighted by atomic mass is 9.90. The van der Waals surface area contributed by atoms with Gasteiger partial charge in [-0.15, -0.1) is 0 Å². The van der Waals surface area contributed by atoms with Crippen molar-refractivity contribution in [2.75, 3.05) is 25.1 Å². The number of aromatic nitrogens is 2. The van der Waals surface area contributed by atoms with Crippen molar-refractivity contribution >= 4 is 11.9 Å². The molecule has 41 heavy (non-hydrogen) atoms. The zero-order valence-corrected chi connectivity index (χ0v) is 24.0. The molecule has 1 saturated heterocycles. The number of methoxy groups -OCH3 is 1. The summed E-state index contributed by atoms with van der Waals surface area (Å²) in [7, 11) is 1.62. The van der Waals surface area contributed by atoms with E-state index >= 15 is 4.39 Å². The quantitative estimate of drug-likeness (QED) is 0.229. The van der Waals surface area contributed by atoms with E-state index in [1.54, 1.807) is 36.4 Å². The van der Waals surface area contributed by atoms with Gasteiger partial charge < -0.3 is 14.5 Å². The smallest absolute Gasteiger partial charge is 0.258 e. The van der Waals surface area contributed by atoms with Crippen molar-refractivity contribution in [3.63, 3.8) is 0 Å². The van der Waals surface area contributed by atoms with Gasteiger partial charge in [-0.1, -0.05) is 54.6 Å². The molecule has 212 valence electrons. The minimum Gasteiger partial charge on any atom is -0.497 e. The first kappa shape index (κ1) is 28.3. The molecule has 0 bridgehead atoms. The standard InChI is InChI=1S/C34H37FN4O2/c1-24(2)39(23-27-12-9-13-28(21-27)41-3)33(40)30-22-36-34(37-32(30)29-14-7-8-15-31(29)35)38-18-16-26(17-19-38)20-25-10-5-4-6-11-25/h4-15,21-22,24,26H,16-20,23H2,1-3H3. The van der Waals surface area contributed by atoms with E-state index in [9.17, 15) is 4.79 Å². The molecule has 1 aromatic heterocycles. The number of carbonyl (C=O) groups is 1. The van der Waals surface area contributed by atoms with Crippen molar-refractivity contribution in [2.24, 2.45) is 5.92 Å². The Balaban J connectivity index is 1.42. The summed E-state index contributed by atoms with van der Waals surface area (Å²) in [6, 6.07) is 24.6. The van der Waals surface area contributed by atoms with Crippen molar-refractivity contribution < 1.29 is 13.9 Å². The van der Waals surface area contributed by atoms with Crippen LogP contribution >= 0.6 is 0 Å². The molecule has 7 heteroatoms. The predicted octanol–water partition coefficient (Wildman–Crippen LogP) is 6.80. The van der Waals surface area contributed by atoms with E-state index in [-0.39, 0.29) is 17.5 Å². The molecular formula is C34H37FN4O2. The summed E-state index contributed by atoms with van der Waals surface area (Å²) in [6.45, 7) is 5.94. The lowest BCUT2D eigenvalue weighted by molar-refractivity contribution is 0.0690. The molecule has 3 aromatic carbocycles. The van der Waals surface area contributed by atoms with Crippen LogP contribution < -0.4 is 9.64 Å². The highest BCUT2D eigenvalue weighted by molar-refractivity contribution is 6.00. The first-order chi connectivity index (χ1) is 19.9. The SMILES string of the molecule is COc1cccc(CN(C(=O)c2cnc(N3CCC(Cc4ccccc4)CC3)nc2-c2ccccc2F)C(C)C)c1. The van der Waals surface area contributed by atoms with Gasteiger partial charge in [-0.25, -0.2) is 14.4 Å². The van der Waals surface area contributed by atoms with Crippen molar-refractivity contribution in [2.45, 2.75) is 45.7 Å². The van der Waals surface area contributed by atoms with Gasteiger partial charge in [-0.05, 0) is 74.4 Å². The van der Waals surface area contributed by atoms with E-state index in [4.69, 9.17) is 9.72 Å². The number of carbonyl (C=O) groups excluding carboxylic acids is 1. The highest BCUT2D eigenvalue weighted by Gasteiger charge is 2.27. The summed E-state index contributed by atoms with van der Waals surface area (Å²) in [5, 5.41) is 0. The average molecular weight is 553 g/mol. The van der Waals surface area contributed by atoms with Crippen molar-refractivity contribution in [1.29, 1.82) is 0 Å². The van der Waals surface area contributed by atoms with Crippen LogP contribution in [0.25, 0.3) is 11.3 Å². The molecule has 0 spiro atoms. The molecule has 0 aliphatic carbocycles. The normalized spacial score (nSPS) is 13.8. The maximum absolute atomic E-state index is 15.1. The van der Waals surface area contributed by atoms with Crippen LogP contribution in [-0.4, -0.2) is 47.0 Å². The Kier molecular flexibility index (Phi) is 8.92. The first-order valence-electron chi connectivity index (χ1n) is 14.3. The van der Waals surface area contributed by atoms with Crippen molar-refractivity contribution in [3.8, 4) is 17.0 Å². The largest absolute Gasteiger partial charge is 0.497 e. The maximum atomic E-state index is 15.1. The van der Waals surface area contributed by atoms with Crippen LogP contribution in [0.5, 0.6) is 5.75 Å². The van der Waals surface area contributed by atoms with E-state index in [1.165, 1.54) is 11.6 Å². The lowest BCUT2D eigenvalue weighted by Gasteiger charge is -2.32. The summed E-state index contributed by atoms with van der Waals surface area (Å²) < 4.78 is 20.5. The fourth-order valence-corrected chi connectivity index (χ4v) is 5.44. The van der Waals surface area contributed by atoms with Crippen LogP contribution in [0.4, 0.5) is 10.3 Å². The molecule has 1 fully saturated rings. The maximum Gasteiger partial charge on any atom is 0.258 e. The van der Waals surface area contributed by atoms with Crippen LogP contribution in [0, 0.1) is 11.7 Å². The van der Waals surface area contributed by atoms with Crippen LogP contribution in [0.1, 0.15) is 48.2 Å². The van der Waals surface area contributed by atoms with Crippen LogP contribution in [-0.2, 0) is 13.0 Å². The number of benzene rings is 3. The zero-order valence-electron chi connectivity index (χ0n) is 24.0. The number of piperidine rings is 1. The number of hydrogen-bond acceptors (Lipinski definition) is 5. The van der Waals surface area contributed by atoms with Gasteiger partial charge in [0.25, 0.3) is 5.91 Å². The van der Waals surface area contributed by atoms with Gasteiger partial charge in [0.15, 0.2) is 0 Å². The molecule has 0 radical (unpaired) electrons. The number of ether oxygens (including phenoxy) is 1. The fourth-order valence-electron chi connectivity index (χ4n) is 5.44. The highest BCUT2D eigenvalue weighted by Crippen LogP contribution is 2.30. The third-order valence-corrected chi connectivity index (χ3v) is 7.77. The molecule has 6 nitrogen and oxygen atoms in total. The lowest BCUT2D eigenvalue weighted by Crippen LogP contribution is -2.38. The van der Waals surface area contributed by atoms with E-state index in [2.05, 4.69) is 34.1 Å². The zero-order chi connectivity index (χ0) is 28.8. The molecule has 4 aromatic rings. The Hall–Kier alpha value is -4.26. The van der Waals surface area contributed by atoms with Gasteiger partial charge in [-0.3, -0.25) is 4.79 Å². The Morgan fingerprint density at radius 2 is 1.71 bits per heavy atom. The van der Waals surface area contributed by atoms with E-state index < -0.39 is 5.82 Å². The monoisotopic (exact) mass is 552 g/mol. The summed E-state index contributed by atoms with van der Waals surface area (Å²) in [5.41, 5.74) is 3.20. The Morgan fingerprint density at radius 3 is 2.41 bits per heavy atom. The highest BCUT2D eigenvalue weighted by atomic mass is 19.1. The minimum absolute atomic E-state index is 0.106. The molecule has 1 aliphatic rings. The van der Waals surface area contributed by atoms with Crippen LogP contribution in [0.2, 0.25) is 0 Å². The molecule has 1 amide bonds. The van der Waals surface area contributed by atoms with Gasteiger partial charge in [-0.2, -0.15) is 0 Å². The molecule has 0 atom stereocenters. The molecule has 0 N–H and O–H groups in total. The predicted molar refractivity (Wildman–Crippen MR) is 161 cm³/mol. The molecule has 1 aliphatic heterocycles. The second-order valence-corrected chi connectivity index (χ2v) is 10.9. The van der Waals surface area contributed by atoms with Gasteiger partial charge >= 0.3 is 0 Å². The summed E-state index contributed by atoms with van der Waals surface area (Å²) in [5.74, 6) is 1.19. The van der Waals surface area contributed by atoms with E-state index in [0.717, 1.165) is 43.7 Å². The second-order valence-electron chi connectivity index (χ2n) is 10.9. The van der Waals surface area contributed by atoms with Crippen LogP contribution in [0.3, 0.4) is 0 Å². The van der Waals surface area contributed by atoms with Gasteiger partial charge in [0.1, 0.15) is 11.6 Å². The molecule has 2 heterocycles. The number of halogens is 1. The molecule has 0 unspecified atom stereocenters. The minimum atomic E-state index is -0.420. The summed E-state index contributed by atoms with van der Waals surface area (Å²) in [6.07, 6.45) is 4.68. The third kappa shape index (κ3) is 6.73. The van der Waals surface area contributed by atoms with E-state index in [0.29, 0.717) is 29.7 Å². The second kappa shape index (κ2) is 12.9. The number of amides is 1. The molecule has 0 saturated carbocycles. The average Bonchev–Trinajstić information content (AvgIpc) is 3.00. The van der Waals surface area contributed by atoms with Crippen molar-refractivity contribution in [3.05, 3.63) is 108 Å². The first-order valence-corrected chi connectivity index (χ1v) is 14.3. The Morgan fingerprint density at radius 1 is 1.00 bits per heavy atom. The number of hydrogen-bond donors (Lipinski definition) is 0. The summed E-state index contributed by atoms with van der Waals surface area (Å²) in [4.78, 5) is 27.4.